The molecule has 3 aromatic rings. The number of esters is 1. The van der Waals surface area contributed by atoms with Crippen molar-refractivity contribution in [3.8, 4) is 17.2 Å². The molecule has 3 aromatic carbocycles. The van der Waals surface area contributed by atoms with Crippen LogP contribution < -0.4 is 14.2 Å². The van der Waals surface area contributed by atoms with Crippen molar-refractivity contribution in [1.82, 2.24) is 10.2 Å². The maximum Gasteiger partial charge on any atom is 0.534 e. The smallest absolute Gasteiger partial charge is 0.450 e. The zero-order valence-corrected chi connectivity index (χ0v) is 24.7. The summed E-state index contributed by atoms with van der Waals surface area (Å²) >= 11 is 0. The van der Waals surface area contributed by atoms with Gasteiger partial charge in [0, 0.05) is 42.9 Å². The Kier molecular flexibility index (Phi) is 7.87. The van der Waals surface area contributed by atoms with Crippen LogP contribution in [-0.2, 0) is 25.2 Å². The molecule has 0 saturated carbocycles. The second kappa shape index (κ2) is 11.4. The Morgan fingerprint density at radius 3 is 2.28 bits per heavy atom. The molecule has 1 amide bonds. The lowest BCUT2D eigenvalue weighted by atomic mass is 9.76. The number of hydrogen-bond acceptors (Lipinski definition) is 9. The summed E-state index contributed by atoms with van der Waals surface area (Å²) in [4.78, 5) is 28.3. The standard InChI is InChI=1S/C29H21F7N2O8S/c1-13-19(30)11-17-23(21(13)32)44-24-18(12-20(31)25(22(24)33)46-47(41,42)29(34,35)36)28(17)16-3-2-14(10-15(16)27(40)45-28)26(39)37-4-5-38-6-8-43-9-7-38/h2-3,10-12H,4-9H2,1H3,(H,37,39). The number of benzene rings is 3. The van der Waals surface area contributed by atoms with E-state index in [1.807, 2.05) is 0 Å². The zero-order chi connectivity index (χ0) is 34.1. The van der Waals surface area contributed by atoms with Crippen LogP contribution in [0.3, 0.4) is 0 Å². The van der Waals surface area contributed by atoms with Crippen LogP contribution >= 0.6 is 0 Å². The van der Waals surface area contributed by atoms with Gasteiger partial charge < -0.3 is 23.7 Å². The van der Waals surface area contributed by atoms with Crippen molar-refractivity contribution < 1.29 is 67.1 Å². The molecule has 0 aromatic heterocycles. The molecular weight excluding hydrogens is 669 g/mol. The summed E-state index contributed by atoms with van der Waals surface area (Å²) in [6.45, 7) is 4.13. The van der Waals surface area contributed by atoms with Gasteiger partial charge in [-0.3, -0.25) is 9.69 Å². The van der Waals surface area contributed by atoms with Gasteiger partial charge in [-0.05, 0) is 31.2 Å². The van der Waals surface area contributed by atoms with Gasteiger partial charge in [0.1, 0.15) is 5.82 Å². The average Bonchev–Trinajstić information content (AvgIpc) is 3.31. The van der Waals surface area contributed by atoms with Crippen LogP contribution in [0.2, 0.25) is 0 Å². The van der Waals surface area contributed by atoms with E-state index in [1.54, 1.807) is 0 Å². The Hall–Kier alpha value is -4.42. The highest BCUT2D eigenvalue weighted by atomic mass is 32.2. The molecule has 1 fully saturated rings. The van der Waals surface area contributed by atoms with Gasteiger partial charge in [-0.2, -0.15) is 26.0 Å². The van der Waals surface area contributed by atoms with Crippen molar-refractivity contribution in [3.63, 3.8) is 0 Å². The molecule has 3 heterocycles. The predicted molar refractivity (Wildman–Crippen MR) is 144 cm³/mol. The second-order valence-corrected chi connectivity index (χ2v) is 12.2. The number of amides is 1. The minimum Gasteiger partial charge on any atom is -0.450 e. The SMILES string of the molecule is Cc1c(F)cc2c(c1F)Oc1c(cc(F)c(OS(=O)(=O)C(F)(F)F)c1F)C21OC(=O)c2cc(C(=O)NCCN3CCOCC3)ccc21. The van der Waals surface area contributed by atoms with E-state index in [0.29, 0.717) is 38.9 Å². The molecule has 1 spiro atoms. The van der Waals surface area contributed by atoms with E-state index in [2.05, 4.69) is 14.4 Å². The molecule has 6 rings (SSSR count). The number of morpholine rings is 1. The number of fused-ring (bicyclic) bond motifs is 6. The van der Waals surface area contributed by atoms with E-state index in [9.17, 15) is 35.6 Å². The molecule has 3 aliphatic heterocycles. The van der Waals surface area contributed by atoms with Crippen LogP contribution in [-0.4, -0.2) is 70.1 Å². The Bertz CT molecular complexity index is 1950. The quantitative estimate of drug-likeness (QED) is 0.174. The first-order valence-electron chi connectivity index (χ1n) is 13.7. The number of carbonyl (C=O) groups is 2. The van der Waals surface area contributed by atoms with Crippen LogP contribution in [0.5, 0.6) is 17.2 Å². The summed E-state index contributed by atoms with van der Waals surface area (Å²) in [5, 5.41) is 2.69. The maximum absolute atomic E-state index is 15.7. The molecule has 0 bridgehead atoms. The molecule has 47 heavy (non-hydrogen) atoms. The van der Waals surface area contributed by atoms with Gasteiger partial charge in [0.05, 0.1) is 29.9 Å². The Morgan fingerprint density at radius 1 is 0.979 bits per heavy atom. The monoisotopic (exact) mass is 690 g/mol. The van der Waals surface area contributed by atoms with Gasteiger partial charge >= 0.3 is 21.6 Å². The summed E-state index contributed by atoms with van der Waals surface area (Å²) in [7, 11) is -6.61. The number of hydrogen-bond donors (Lipinski definition) is 1. The first-order chi connectivity index (χ1) is 22.1. The predicted octanol–water partition coefficient (Wildman–Crippen LogP) is 4.41. The number of alkyl halides is 3. The van der Waals surface area contributed by atoms with Gasteiger partial charge in [0.25, 0.3) is 5.91 Å². The molecule has 3 aliphatic rings. The highest BCUT2D eigenvalue weighted by Gasteiger charge is 2.57. The van der Waals surface area contributed by atoms with Crippen LogP contribution in [0.1, 0.15) is 43.0 Å². The maximum atomic E-state index is 15.7. The normalized spacial score (nSPS) is 19.0. The van der Waals surface area contributed by atoms with E-state index in [1.165, 1.54) is 6.07 Å². The number of nitrogens with one attached hydrogen (secondary N) is 1. The van der Waals surface area contributed by atoms with Crippen molar-refractivity contribution in [2.45, 2.75) is 18.0 Å². The van der Waals surface area contributed by atoms with Crippen molar-refractivity contribution >= 4 is 22.0 Å². The van der Waals surface area contributed by atoms with Gasteiger partial charge in [0.2, 0.25) is 11.6 Å². The lowest BCUT2D eigenvalue weighted by Gasteiger charge is -2.37. The Morgan fingerprint density at radius 2 is 1.62 bits per heavy atom. The molecule has 0 aliphatic carbocycles. The topological polar surface area (TPSA) is 120 Å². The van der Waals surface area contributed by atoms with E-state index in [-0.39, 0.29) is 29.3 Å². The van der Waals surface area contributed by atoms with Crippen molar-refractivity contribution in [3.05, 3.63) is 87.0 Å². The largest absolute Gasteiger partial charge is 0.534 e. The molecule has 1 unspecified atom stereocenters. The molecule has 1 saturated heterocycles. The van der Waals surface area contributed by atoms with Crippen LogP contribution in [0.4, 0.5) is 30.7 Å². The number of rotatable bonds is 6. The van der Waals surface area contributed by atoms with Crippen molar-refractivity contribution in [2.75, 3.05) is 39.4 Å². The van der Waals surface area contributed by atoms with E-state index in [4.69, 9.17) is 14.2 Å². The van der Waals surface area contributed by atoms with Gasteiger partial charge in [0.15, 0.2) is 28.7 Å². The third-order valence-electron chi connectivity index (χ3n) is 7.92. The Balaban J connectivity index is 1.47. The molecule has 18 heteroatoms. The van der Waals surface area contributed by atoms with Crippen LogP contribution in [0.25, 0.3) is 0 Å². The molecule has 1 atom stereocenters. The molecule has 1 N–H and O–H groups in total. The lowest BCUT2D eigenvalue weighted by molar-refractivity contribution is -0.0502. The highest BCUT2D eigenvalue weighted by molar-refractivity contribution is 7.88. The van der Waals surface area contributed by atoms with Crippen molar-refractivity contribution in [2.24, 2.45) is 0 Å². The average molecular weight is 691 g/mol. The summed E-state index contributed by atoms with van der Waals surface area (Å²) in [6.07, 6.45) is 0. The fraction of sp³-hybridized carbons (Fsp3) is 0.310. The molecule has 10 nitrogen and oxygen atoms in total. The first-order valence-corrected chi connectivity index (χ1v) is 15.1. The summed E-state index contributed by atoms with van der Waals surface area (Å²) in [5.41, 5.74) is -11.4. The second-order valence-electron chi connectivity index (χ2n) is 10.7. The number of halogens is 7. The number of ether oxygens (including phenoxy) is 3. The summed E-state index contributed by atoms with van der Waals surface area (Å²) in [5.74, 6) is -12.9. The fourth-order valence-electron chi connectivity index (χ4n) is 5.55. The zero-order valence-electron chi connectivity index (χ0n) is 23.9. The third-order valence-corrected chi connectivity index (χ3v) is 8.87. The minimum atomic E-state index is -6.61. The number of carbonyl (C=O) groups excluding carboxylic acids is 2. The van der Waals surface area contributed by atoms with Crippen molar-refractivity contribution in [1.29, 1.82) is 0 Å². The van der Waals surface area contributed by atoms with Gasteiger partial charge in [-0.15, -0.1) is 0 Å². The lowest BCUT2D eigenvalue weighted by Crippen LogP contribution is -2.41. The highest BCUT2D eigenvalue weighted by Crippen LogP contribution is 2.59. The minimum absolute atomic E-state index is 0.0491. The first kappa shape index (κ1) is 32.5. The van der Waals surface area contributed by atoms with E-state index >= 15 is 13.2 Å². The Labute approximate surface area is 261 Å². The van der Waals surface area contributed by atoms with Crippen LogP contribution in [0, 0.1) is 30.2 Å². The van der Waals surface area contributed by atoms with Crippen LogP contribution in [0.15, 0.2) is 30.3 Å². The fourth-order valence-corrected chi connectivity index (χ4v) is 6.01. The molecular formula is C29H21F7N2O8S. The molecule has 250 valence electrons. The summed E-state index contributed by atoms with van der Waals surface area (Å²) in [6, 6.07) is 4.38. The van der Waals surface area contributed by atoms with E-state index in [0.717, 1.165) is 19.1 Å². The summed E-state index contributed by atoms with van der Waals surface area (Å²) < 4.78 is 143. The third kappa shape index (κ3) is 5.23. The van der Waals surface area contributed by atoms with E-state index < -0.39 is 90.3 Å². The van der Waals surface area contributed by atoms with Gasteiger partial charge in [-0.1, -0.05) is 6.07 Å². The number of nitrogens with zero attached hydrogens (tertiary/aromatic N) is 1. The van der Waals surface area contributed by atoms with Gasteiger partial charge in [-0.25, -0.2) is 18.0 Å². The molecule has 0 radical (unpaired) electrons.